The second kappa shape index (κ2) is 10.4. The molecule has 2 aromatic rings. The van der Waals surface area contributed by atoms with Crippen LogP contribution in [0.2, 0.25) is 0 Å². The van der Waals surface area contributed by atoms with Gasteiger partial charge in [-0.25, -0.2) is 9.97 Å². The zero-order valence-electron chi connectivity index (χ0n) is 24.2. The summed E-state index contributed by atoms with van der Waals surface area (Å²) in [4.78, 5) is 13.3. The zero-order valence-corrected chi connectivity index (χ0v) is 24.2. The van der Waals surface area contributed by atoms with E-state index in [1.807, 2.05) is 12.1 Å². The monoisotopic (exact) mass is 557 g/mol. The summed E-state index contributed by atoms with van der Waals surface area (Å²) < 4.78 is 5.36. The maximum Gasteiger partial charge on any atom is 0.224 e. The second-order valence-corrected chi connectivity index (χ2v) is 14.0. The molecule has 2 aromatic heterocycles. The Morgan fingerprint density at radius 3 is 2.46 bits per heavy atom. The molecule has 6 bridgehead atoms. The Kier molecular flexibility index (Phi) is 6.82. The van der Waals surface area contributed by atoms with Crippen LogP contribution in [-0.2, 0) is 6.54 Å². The van der Waals surface area contributed by atoms with Gasteiger partial charge in [0.2, 0.25) is 11.8 Å². The predicted molar refractivity (Wildman–Crippen MR) is 156 cm³/mol. The Balaban J connectivity index is 0.992. The molecular weight excluding hydrogens is 514 g/mol. The first-order valence-electron chi connectivity index (χ1n) is 15.6. The van der Waals surface area contributed by atoms with Crippen molar-refractivity contribution in [3.63, 3.8) is 0 Å². The van der Waals surface area contributed by atoms with Crippen LogP contribution in [-0.4, -0.2) is 51.9 Å². The number of methoxy groups -OCH3 is 1. The summed E-state index contributed by atoms with van der Waals surface area (Å²) in [5, 5.41) is 31.4. The first-order valence-corrected chi connectivity index (χ1v) is 15.6. The van der Waals surface area contributed by atoms with E-state index in [1.165, 1.54) is 51.4 Å². The van der Waals surface area contributed by atoms with Gasteiger partial charge in [-0.05, 0) is 105 Å². The summed E-state index contributed by atoms with van der Waals surface area (Å²) in [6.45, 7) is 2.46. The van der Waals surface area contributed by atoms with E-state index < -0.39 is 0 Å². The number of nitrogens with zero attached hydrogens (tertiary/aromatic N) is 4. The molecule has 4 N–H and O–H groups in total. The van der Waals surface area contributed by atoms with Gasteiger partial charge in [0.15, 0.2) is 0 Å². The number of nitriles is 1. The summed E-state index contributed by atoms with van der Waals surface area (Å²) >= 11 is 0. The molecular formula is C32H43N7O2. The number of pyridine rings is 1. The minimum atomic E-state index is -0.359. The Labute approximate surface area is 242 Å². The highest BCUT2D eigenvalue weighted by atomic mass is 16.5. The van der Waals surface area contributed by atoms with Gasteiger partial charge in [0.1, 0.15) is 17.5 Å². The fourth-order valence-corrected chi connectivity index (χ4v) is 9.46. The number of hydrogen-bond acceptors (Lipinski definition) is 9. The van der Waals surface area contributed by atoms with Crippen molar-refractivity contribution < 1.29 is 9.84 Å². The van der Waals surface area contributed by atoms with Crippen LogP contribution in [0.5, 0.6) is 5.88 Å². The summed E-state index contributed by atoms with van der Waals surface area (Å²) in [6.07, 6.45) is 16.3. The number of rotatable bonds is 10. The van der Waals surface area contributed by atoms with Gasteiger partial charge in [-0.1, -0.05) is 6.07 Å². The fraction of sp³-hybridized carbons (Fsp3) is 0.688. The minimum Gasteiger partial charge on any atom is -0.481 e. The quantitative estimate of drug-likeness (QED) is 0.330. The van der Waals surface area contributed by atoms with Gasteiger partial charge in [0.25, 0.3) is 0 Å². The number of anilines is 2. The molecule has 7 aliphatic rings. The molecule has 0 spiro atoms. The standard InChI is InChI=1S/C32H43N7O2/c1-41-28-22(3-2-10-34-28)17-35-29-36-18-25(16-33)27(39-29)38-20-31-13-21-11-23(14-31)26(24(12-21)15-31)37-19-30-4-7-32(40,8-5-30)9-6-30/h2-3,10,18,21,23-24,26,37,40H,4-9,11-15,17,19-20H2,1H3,(H2,35,36,38,39)/t21?,23-,24-,26?,30?,31?,32?/m0/s1. The number of aliphatic hydroxyl groups is 1. The molecule has 41 heavy (non-hydrogen) atoms. The van der Waals surface area contributed by atoms with E-state index in [4.69, 9.17) is 9.72 Å². The summed E-state index contributed by atoms with van der Waals surface area (Å²) in [6, 6.07) is 6.74. The Hall–Kier alpha value is -2.96. The lowest BCUT2D eigenvalue weighted by Crippen LogP contribution is -2.61. The Bertz CT molecular complexity index is 1280. The molecule has 2 atom stereocenters. The van der Waals surface area contributed by atoms with Gasteiger partial charge in [-0.15, -0.1) is 0 Å². The third kappa shape index (κ3) is 5.14. The van der Waals surface area contributed by atoms with E-state index in [9.17, 15) is 10.4 Å². The van der Waals surface area contributed by atoms with Gasteiger partial charge in [0.05, 0.1) is 18.9 Å². The summed E-state index contributed by atoms with van der Waals surface area (Å²) in [5.41, 5.74) is 1.72. The molecule has 0 aliphatic heterocycles. The number of aromatic nitrogens is 3. The van der Waals surface area contributed by atoms with Crippen LogP contribution < -0.4 is 20.7 Å². The van der Waals surface area contributed by atoms with Crippen LogP contribution in [0.15, 0.2) is 24.5 Å². The van der Waals surface area contributed by atoms with Crippen molar-refractivity contribution >= 4 is 11.8 Å². The zero-order chi connectivity index (χ0) is 28.1. The maximum atomic E-state index is 10.7. The third-order valence-electron chi connectivity index (χ3n) is 11.5. The van der Waals surface area contributed by atoms with Crippen LogP contribution >= 0.6 is 0 Å². The average Bonchev–Trinajstić information content (AvgIpc) is 2.99. The lowest BCUT2D eigenvalue weighted by atomic mass is 9.47. The highest BCUT2D eigenvalue weighted by Gasteiger charge is 2.56. The molecule has 7 saturated carbocycles. The van der Waals surface area contributed by atoms with Gasteiger partial charge < -0.3 is 25.8 Å². The molecule has 7 fully saturated rings. The molecule has 0 saturated heterocycles. The number of fused-ring (bicyclic) bond motifs is 3. The van der Waals surface area contributed by atoms with Crippen molar-refractivity contribution in [2.24, 2.45) is 28.6 Å². The lowest BCUT2D eigenvalue weighted by Gasteiger charge is -2.61. The van der Waals surface area contributed by atoms with Crippen molar-refractivity contribution in [3.8, 4) is 11.9 Å². The first kappa shape index (κ1) is 26.9. The normalized spacial score (nSPS) is 36.6. The average molecular weight is 558 g/mol. The molecule has 9 heteroatoms. The second-order valence-electron chi connectivity index (χ2n) is 14.0. The van der Waals surface area contributed by atoms with E-state index in [1.54, 1.807) is 19.5 Å². The van der Waals surface area contributed by atoms with Crippen LogP contribution in [0.4, 0.5) is 11.8 Å². The van der Waals surface area contributed by atoms with Gasteiger partial charge >= 0.3 is 0 Å². The number of ether oxygens (including phenoxy) is 1. The van der Waals surface area contributed by atoms with Crippen LogP contribution in [0.3, 0.4) is 0 Å². The van der Waals surface area contributed by atoms with Crippen LogP contribution in [0.1, 0.15) is 81.8 Å². The molecule has 218 valence electrons. The van der Waals surface area contributed by atoms with Gasteiger partial charge in [-0.2, -0.15) is 10.2 Å². The SMILES string of the molecule is COc1ncccc1CNc1ncc(C#N)c(NCC23CC4C[C@@H](C2)C(NCC25CCC(O)(CC2)CC5)[C@@H](C4)C3)n1. The molecule has 9 nitrogen and oxygen atoms in total. The molecule has 0 aromatic carbocycles. The number of nitrogens with one attached hydrogen (secondary N) is 3. The molecule has 0 amide bonds. The molecule has 7 aliphatic carbocycles. The summed E-state index contributed by atoms with van der Waals surface area (Å²) in [7, 11) is 1.61. The molecule has 0 unspecified atom stereocenters. The van der Waals surface area contributed by atoms with Crippen molar-refractivity contribution in [2.45, 2.75) is 88.8 Å². The Morgan fingerprint density at radius 2 is 1.76 bits per heavy atom. The van der Waals surface area contributed by atoms with E-state index in [-0.39, 0.29) is 11.0 Å². The predicted octanol–water partition coefficient (Wildman–Crippen LogP) is 4.65. The molecule has 0 radical (unpaired) electrons. The first-order chi connectivity index (χ1) is 19.9. The van der Waals surface area contributed by atoms with Crippen LogP contribution in [0, 0.1) is 39.9 Å². The van der Waals surface area contributed by atoms with Crippen molar-refractivity contribution in [2.75, 3.05) is 30.8 Å². The highest BCUT2D eigenvalue weighted by molar-refractivity contribution is 5.53. The fourth-order valence-electron chi connectivity index (χ4n) is 9.46. The number of hydrogen-bond donors (Lipinski definition) is 4. The van der Waals surface area contributed by atoms with Crippen LogP contribution in [0.25, 0.3) is 0 Å². The van der Waals surface area contributed by atoms with Gasteiger partial charge in [-0.3, -0.25) is 0 Å². The lowest BCUT2D eigenvalue weighted by molar-refractivity contribution is -0.101. The van der Waals surface area contributed by atoms with E-state index in [0.717, 1.165) is 55.7 Å². The molecule has 2 heterocycles. The largest absolute Gasteiger partial charge is 0.481 e. The highest BCUT2D eigenvalue weighted by Crippen LogP contribution is 2.60. The van der Waals surface area contributed by atoms with Crippen molar-refractivity contribution in [1.82, 2.24) is 20.3 Å². The van der Waals surface area contributed by atoms with E-state index in [0.29, 0.717) is 41.2 Å². The summed E-state index contributed by atoms with van der Waals surface area (Å²) in [5.74, 6) is 3.95. The smallest absolute Gasteiger partial charge is 0.224 e. The van der Waals surface area contributed by atoms with E-state index >= 15 is 0 Å². The topological polar surface area (TPSA) is 128 Å². The van der Waals surface area contributed by atoms with Crippen molar-refractivity contribution in [3.05, 3.63) is 35.7 Å². The van der Waals surface area contributed by atoms with E-state index in [2.05, 4.69) is 32.0 Å². The molecule has 9 rings (SSSR count). The van der Waals surface area contributed by atoms with Gasteiger partial charge in [0, 0.05) is 37.4 Å². The Morgan fingerprint density at radius 1 is 1.00 bits per heavy atom. The van der Waals surface area contributed by atoms with Crippen molar-refractivity contribution in [1.29, 1.82) is 5.26 Å². The maximum absolute atomic E-state index is 10.7. The minimum absolute atomic E-state index is 0.271. The third-order valence-corrected chi connectivity index (χ3v) is 11.5.